The second-order valence-corrected chi connectivity index (χ2v) is 12.7. The van der Waals surface area contributed by atoms with E-state index in [2.05, 4.69) is 39.2 Å². The summed E-state index contributed by atoms with van der Waals surface area (Å²) in [5.41, 5.74) is 2.84. The van der Waals surface area contributed by atoms with Crippen molar-refractivity contribution in [2.45, 2.75) is 69.3 Å². The van der Waals surface area contributed by atoms with Crippen molar-refractivity contribution in [2.24, 2.45) is 0 Å². The Morgan fingerprint density at radius 3 is 2.62 bits per heavy atom. The third-order valence-corrected chi connectivity index (χ3v) is 10.0. The summed E-state index contributed by atoms with van der Waals surface area (Å²) in [5.74, 6) is -0.163. The number of fused-ring (bicyclic) bond motifs is 2. The van der Waals surface area contributed by atoms with Crippen LogP contribution in [0.5, 0.6) is 0 Å². The fourth-order valence-corrected chi connectivity index (χ4v) is 7.53. The van der Waals surface area contributed by atoms with Gasteiger partial charge >= 0.3 is 6.18 Å². The fraction of sp³-hybridized carbons (Fsp3) is 0.483. The molecule has 0 radical (unpaired) electrons. The molecule has 2 aromatic heterocycles. The predicted molar refractivity (Wildman–Crippen MR) is 151 cm³/mol. The number of aryl methyl sites for hydroxylation is 1. The maximum absolute atomic E-state index is 13.1. The van der Waals surface area contributed by atoms with E-state index >= 15 is 0 Å². The molecule has 0 aliphatic carbocycles. The zero-order chi connectivity index (χ0) is 28.5. The molecule has 1 fully saturated rings. The van der Waals surface area contributed by atoms with Crippen LogP contribution >= 0.6 is 23.1 Å². The molecule has 0 bridgehead atoms. The minimum atomic E-state index is -4.56. The number of nitrogens with one attached hydrogen (secondary N) is 1. The number of benzene rings is 1. The number of aromatic nitrogens is 2. The van der Waals surface area contributed by atoms with Crippen LogP contribution in [-0.2, 0) is 29.5 Å². The zero-order valence-electron chi connectivity index (χ0n) is 22.8. The molecule has 214 valence electrons. The average Bonchev–Trinajstić information content (AvgIpc) is 3.39. The van der Waals surface area contributed by atoms with Gasteiger partial charge in [0.15, 0.2) is 0 Å². The molecule has 1 spiro atoms. The molecule has 6 nitrogen and oxygen atoms in total. The van der Waals surface area contributed by atoms with E-state index in [0.717, 1.165) is 35.5 Å². The molecule has 2 aliphatic heterocycles. The van der Waals surface area contributed by atoms with Crippen molar-refractivity contribution in [3.8, 4) is 0 Å². The highest BCUT2D eigenvalue weighted by Gasteiger charge is 2.44. The second-order valence-electron chi connectivity index (χ2n) is 10.3. The number of thiophene rings is 1. The van der Waals surface area contributed by atoms with E-state index < -0.39 is 17.6 Å². The van der Waals surface area contributed by atoms with Gasteiger partial charge in [-0.1, -0.05) is 19.1 Å². The van der Waals surface area contributed by atoms with Crippen molar-refractivity contribution < 1.29 is 22.7 Å². The first kappa shape index (κ1) is 29.0. The van der Waals surface area contributed by atoms with Gasteiger partial charge in [-0.25, -0.2) is 9.97 Å². The third kappa shape index (κ3) is 6.07. The molecule has 2 aliphatic rings. The first-order valence-electron chi connectivity index (χ1n) is 13.5. The van der Waals surface area contributed by atoms with Crippen molar-refractivity contribution in [3.05, 3.63) is 74.5 Å². The molecular formula is C29H33F3N4O2S2. The number of nitrogens with zero attached hydrogens (tertiary/aromatic N) is 3. The minimum Gasteiger partial charge on any atom is -0.369 e. The number of hydrogen-bond acceptors (Lipinski definition) is 7. The number of likely N-dealkylation sites (tertiary alicyclic amines) is 1. The number of piperidine rings is 1. The summed E-state index contributed by atoms with van der Waals surface area (Å²) in [6.45, 7) is 8.21. The van der Waals surface area contributed by atoms with Gasteiger partial charge in [-0.2, -0.15) is 13.2 Å². The predicted octanol–water partition coefficient (Wildman–Crippen LogP) is 6.53. The Morgan fingerprint density at radius 2 is 1.98 bits per heavy atom. The van der Waals surface area contributed by atoms with Crippen molar-refractivity contribution in [2.75, 3.05) is 25.4 Å². The fourth-order valence-electron chi connectivity index (χ4n) is 5.54. The molecule has 1 N–H and O–H groups in total. The Balaban J connectivity index is 1.24. The molecule has 3 aromatic rings. The van der Waals surface area contributed by atoms with E-state index in [-0.39, 0.29) is 11.9 Å². The van der Waals surface area contributed by atoms with Gasteiger partial charge in [-0.05, 0) is 68.2 Å². The van der Waals surface area contributed by atoms with Crippen LogP contribution in [0.1, 0.15) is 75.5 Å². The number of rotatable bonds is 7. The number of ether oxygens (including phenoxy) is 1. The van der Waals surface area contributed by atoms with Crippen LogP contribution in [0.25, 0.3) is 0 Å². The maximum atomic E-state index is 13.1. The first-order chi connectivity index (χ1) is 19.1. The van der Waals surface area contributed by atoms with E-state index in [1.165, 1.54) is 28.0 Å². The van der Waals surface area contributed by atoms with E-state index in [4.69, 9.17) is 4.74 Å². The van der Waals surface area contributed by atoms with Gasteiger partial charge in [0.25, 0.3) is 5.91 Å². The Hall–Kier alpha value is -2.47. The lowest BCUT2D eigenvalue weighted by atomic mass is 9.84. The topological polar surface area (TPSA) is 67.4 Å². The summed E-state index contributed by atoms with van der Waals surface area (Å²) >= 11 is 3.31. The van der Waals surface area contributed by atoms with Crippen LogP contribution in [0.3, 0.4) is 0 Å². The molecule has 1 saturated heterocycles. The largest absolute Gasteiger partial charge is 0.451 e. The van der Waals surface area contributed by atoms with Gasteiger partial charge in [0.05, 0.1) is 11.5 Å². The van der Waals surface area contributed by atoms with Gasteiger partial charge in [-0.15, -0.1) is 23.1 Å². The van der Waals surface area contributed by atoms with Gasteiger partial charge in [0, 0.05) is 52.9 Å². The van der Waals surface area contributed by atoms with Gasteiger partial charge in [0.2, 0.25) is 5.82 Å². The Kier molecular flexibility index (Phi) is 8.56. The van der Waals surface area contributed by atoms with Crippen LogP contribution in [0, 0.1) is 6.92 Å². The number of carbonyl (C=O) groups is 1. The molecular weight excluding hydrogens is 557 g/mol. The Morgan fingerprint density at radius 1 is 1.25 bits per heavy atom. The second kappa shape index (κ2) is 11.8. The molecule has 1 unspecified atom stereocenters. The Bertz CT molecular complexity index is 1350. The normalized spacial score (nSPS) is 17.9. The lowest BCUT2D eigenvalue weighted by Gasteiger charge is -2.45. The quantitative estimate of drug-likeness (QED) is 0.316. The van der Waals surface area contributed by atoms with Crippen LogP contribution in [0.4, 0.5) is 13.2 Å². The van der Waals surface area contributed by atoms with Crippen molar-refractivity contribution in [1.29, 1.82) is 0 Å². The number of amides is 1. The van der Waals surface area contributed by atoms with Gasteiger partial charge < -0.3 is 10.1 Å². The molecule has 1 aromatic carbocycles. The number of thioether (sulfide) groups is 1. The highest BCUT2D eigenvalue weighted by Crippen LogP contribution is 2.46. The lowest BCUT2D eigenvalue weighted by molar-refractivity contribution is -0.145. The SMILES string of the molecule is CCSc1ccc(CNC(=O)c2cc3c(s2)C2(CCN(C(C)c4cnc(C(F)(F)F)nc4C)CC2)OCC3)cc1. The van der Waals surface area contributed by atoms with Crippen LogP contribution in [0.15, 0.2) is 41.4 Å². The average molecular weight is 591 g/mol. The maximum Gasteiger partial charge on any atom is 0.451 e. The monoisotopic (exact) mass is 590 g/mol. The standard InChI is InChI=1S/C29H33F3N4O2S2/c1-4-39-22-7-5-20(6-8-22)16-33-26(37)24-15-21-9-14-38-28(25(21)40-24)10-12-36(13-11-28)19(3)23-17-34-27(29(30,31)32)35-18(23)2/h5-8,15,17,19H,4,9-14,16H2,1-3H3,(H,33,37). The first-order valence-corrected chi connectivity index (χ1v) is 15.3. The molecule has 1 atom stereocenters. The summed E-state index contributed by atoms with van der Waals surface area (Å²) < 4.78 is 45.4. The molecule has 4 heterocycles. The summed E-state index contributed by atoms with van der Waals surface area (Å²) in [7, 11) is 0. The minimum absolute atomic E-state index is 0.0783. The molecule has 40 heavy (non-hydrogen) atoms. The highest BCUT2D eigenvalue weighted by molar-refractivity contribution is 7.99. The molecule has 0 saturated carbocycles. The molecule has 1 amide bonds. The Labute approximate surface area is 240 Å². The molecule has 5 rings (SSSR count). The summed E-state index contributed by atoms with van der Waals surface area (Å²) in [6, 6.07) is 10.2. The zero-order valence-corrected chi connectivity index (χ0v) is 24.4. The smallest absolute Gasteiger partial charge is 0.369 e. The highest BCUT2D eigenvalue weighted by atomic mass is 32.2. The van der Waals surface area contributed by atoms with Crippen molar-refractivity contribution in [1.82, 2.24) is 20.2 Å². The summed E-state index contributed by atoms with van der Waals surface area (Å²) in [5, 5.41) is 3.06. The van der Waals surface area contributed by atoms with Crippen LogP contribution in [0.2, 0.25) is 0 Å². The van der Waals surface area contributed by atoms with Gasteiger partial charge in [0.1, 0.15) is 5.60 Å². The molecule has 11 heteroatoms. The van der Waals surface area contributed by atoms with Crippen LogP contribution in [-0.4, -0.2) is 46.2 Å². The number of halogens is 3. The number of hydrogen-bond donors (Lipinski definition) is 1. The van der Waals surface area contributed by atoms with Crippen molar-refractivity contribution >= 4 is 29.0 Å². The van der Waals surface area contributed by atoms with Crippen LogP contribution < -0.4 is 5.32 Å². The summed E-state index contributed by atoms with van der Waals surface area (Å²) in [6.07, 6.45) is -0.990. The van der Waals surface area contributed by atoms with Gasteiger partial charge in [-0.3, -0.25) is 9.69 Å². The summed E-state index contributed by atoms with van der Waals surface area (Å²) in [4.78, 5) is 25.6. The van der Waals surface area contributed by atoms with E-state index in [1.807, 2.05) is 25.1 Å². The van der Waals surface area contributed by atoms with E-state index in [9.17, 15) is 18.0 Å². The van der Waals surface area contributed by atoms with Crippen molar-refractivity contribution in [3.63, 3.8) is 0 Å². The van der Waals surface area contributed by atoms with E-state index in [0.29, 0.717) is 42.4 Å². The van der Waals surface area contributed by atoms with E-state index in [1.54, 1.807) is 18.7 Å². The third-order valence-electron chi connectivity index (χ3n) is 7.76. The lowest BCUT2D eigenvalue weighted by Crippen LogP contribution is -2.46. The number of carbonyl (C=O) groups excluding carboxylic acids is 1. The number of alkyl halides is 3.